The molecule has 1 aliphatic heterocycles. The van der Waals surface area contributed by atoms with E-state index in [-0.39, 0.29) is 17.9 Å². The molecule has 5 rings (SSSR count). The summed E-state index contributed by atoms with van der Waals surface area (Å²) in [6, 6.07) is 24.6. The van der Waals surface area contributed by atoms with Crippen LogP contribution in [0.2, 0.25) is 0 Å². The van der Waals surface area contributed by atoms with E-state index < -0.39 is 17.7 Å². The van der Waals surface area contributed by atoms with Crippen LogP contribution in [0, 0.1) is 6.92 Å². The molecule has 0 bridgehead atoms. The molecule has 1 aliphatic rings. The first-order valence-electron chi connectivity index (χ1n) is 12.2. The van der Waals surface area contributed by atoms with Crippen molar-refractivity contribution >= 4 is 17.4 Å². The van der Waals surface area contributed by atoms with Crippen molar-refractivity contribution in [1.29, 1.82) is 0 Å². The molecular weight excluding hydrogens is 482 g/mol. The number of rotatable bonds is 8. The van der Waals surface area contributed by atoms with Gasteiger partial charge in [-0.1, -0.05) is 42.0 Å². The fraction of sp³-hybridized carbons (Fsp3) is 0.161. The summed E-state index contributed by atoms with van der Waals surface area (Å²) in [6.45, 7) is 2.50. The zero-order chi connectivity index (χ0) is 26.6. The van der Waals surface area contributed by atoms with Crippen molar-refractivity contribution in [3.8, 4) is 11.5 Å². The van der Waals surface area contributed by atoms with E-state index in [2.05, 4.69) is 6.07 Å². The van der Waals surface area contributed by atoms with Gasteiger partial charge >= 0.3 is 0 Å². The third-order valence-corrected chi connectivity index (χ3v) is 6.47. The number of furan rings is 1. The number of aryl methyl sites for hydroxylation is 1. The predicted octanol–water partition coefficient (Wildman–Crippen LogP) is 5.80. The van der Waals surface area contributed by atoms with Gasteiger partial charge in [0.05, 0.1) is 31.5 Å². The highest BCUT2D eigenvalue weighted by Crippen LogP contribution is 2.41. The fourth-order valence-corrected chi connectivity index (χ4v) is 4.60. The van der Waals surface area contributed by atoms with Crippen molar-refractivity contribution in [2.45, 2.75) is 26.1 Å². The van der Waals surface area contributed by atoms with Gasteiger partial charge in [0, 0.05) is 5.56 Å². The van der Waals surface area contributed by atoms with Crippen LogP contribution in [0.15, 0.2) is 101 Å². The number of ether oxygens (including phenoxy) is 2. The summed E-state index contributed by atoms with van der Waals surface area (Å²) in [5.74, 6) is -0.0272. The maximum atomic E-state index is 13.3. The van der Waals surface area contributed by atoms with Crippen LogP contribution in [0.5, 0.6) is 11.5 Å². The van der Waals surface area contributed by atoms with E-state index >= 15 is 0 Å². The first-order valence-corrected chi connectivity index (χ1v) is 12.2. The number of nitrogens with zero attached hydrogens (tertiary/aromatic N) is 1. The number of carbonyl (C=O) groups is 2. The number of amides is 1. The van der Waals surface area contributed by atoms with E-state index in [1.54, 1.807) is 67.8 Å². The number of hydrogen-bond donors (Lipinski definition) is 1. The largest absolute Gasteiger partial charge is 0.507 e. The molecule has 3 aromatic carbocycles. The van der Waals surface area contributed by atoms with Crippen LogP contribution in [-0.2, 0) is 22.7 Å². The van der Waals surface area contributed by atoms with Crippen molar-refractivity contribution in [2.24, 2.45) is 0 Å². The molecular formula is C31H27NO6. The highest BCUT2D eigenvalue weighted by molar-refractivity contribution is 6.46. The Morgan fingerprint density at radius 3 is 2.45 bits per heavy atom. The number of Topliss-reactive ketones (excluding diaryl/α,β-unsaturated/α-hetero) is 1. The van der Waals surface area contributed by atoms with Gasteiger partial charge in [-0.15, -0.1) is 0 Å². The topological polar surface area (TPSA) is 89.2 Å². The van der Waals surface area contributed by atoms with Gasteiger partial charge in [-0.2, -0.15) is 0 Å². The average Bonchev–Trinajstić information content (AvgIpc) is 3.54. The second-order valence-corrected chi connectivity index (χ2v) is 9.09. The summed E-state index contributed by atoms with van der Waals surface area (Å²) in [4.78, 5) is 27.8. The zero-order valence-corrected chi connectivity index (χ0v) is 21.1. The normalized spacial score (nSPS) is 16.6. The van der Waals surface area contributed by atoms with E-state index in [0.717, 1.165) is 11.1 Å². The Kier molecular flexibility index (Phi) is 7.00. The number of methoxy groups -OCH3 is 1. The minimum Gasteiger partial charge on any atom is -0.507 e. The molecule has 1 aromatic heterocycles. The smallest absolute Gasteiger partial charge is 0.296 e. The standard InChI is InChI=1S/C31H27NO6/c1-20-6-3-7-21(16-20)19-38-24-13-11-22(12-14-24)29(33)27-28(23-8-4-9-25(17-23)36-2)32(31(35)30(27)34)18-26-10-5-15-37-26/h3-17,28,33H,18-19H2,1-2H3. The monoisotopic (exact) mass is 509 g/mol. The predicted molar refractivity (Wildman–Crippen MR) is 142 cm³/mol. The molecule has 7 heteroatoms. The number of hydrogen-bond acceptors (Lipinski definition) is 6. The molecule has 0 saturated carbocycles. The maximum Gasteiger partial charge on any atom is 0.296 e. The third-order valence-electron chi connectivity index (χ3n) is 6.47. The Balaban J connectivity index is 1.48. The molecule has 0 radical (unpaired) electrons. The van der Waals surface area contributed by atoms with Gasteiger partial charge in [0.1, 0.15) is 29.6 Å². The highest BCUT2D eigenvalue weighted by atomic mass is 16.5. The van der Waals surface area contributed by atoms with E-state index in [1.807, 2.05) is 25.1 Å². The SMILES string of the molecule is COc1cccc(C2C(=C(O)c3ccc(OCc4cccc(C)c4)cc3)C(=O)C(=O)N2Cc2ccco2)c1. The van der Waals surface area contributed by atoms with Gasteiger partial charge in [0.15, 0.2) is 0 Å². The quantitative estimate of drug-likeness (QED) is 0.184. The molecule has 1 fully saturated rings. The van der Waals surface area contributed by atoms with Crippen molar-refractivity contribution in [3.05, 3.63) is 125 Å². The van der Waals surface area contributed by atoms with Crippen LogP contribution in [-0.4, -0.2) is 28.8 Å². The maximum absolute atomic E-state index is 13.3. The number of likely N-dealkylation sites (tertiary alicyclic amines) is 1. The lowest BCUT2D eigenvalue weighted by atomic mass is 9.95. The number of ketones is 1. The molecule has 0 spiro atoms. The third kappa shape index (κ3) is 5.04. The molecule has 0 aliphatic carbocycles. The minimum absolute atomic E-state index is 0.00300. The molecule has 1 atom stereocenters. The molecule has 192 valence electrons. The van der Waals surface area contributed by atoms with E-state index in [4.69, 9.17) is 13.9 Å². The van der Waals surface area contributed by atoms with Crippen molar-refractivity contribution in [3.63, 3.8) is 0 Å². The number of aliphatic hydroxyl groups excluding tert-OH is 1. The number of aliphatic hydroxyl groups is 1. The first kappa shape index (κ1) is 24.9. The van der Waals surface area contributed by atoms with Crippen LogP contribution in [0.3, 0.4) is 0 Å². The van der Waals surface area contributed by atoms with Crippen LogP contribution in [0.1, 0.15) is 34.1 Å². The molecule has 1 saturated heterocycles. The Morgan fingerprint density at radius 2 is 1.74 bits per heavy atom. The van der Waals surface area contributed by atoms with Gasteiger partial charge in [-0.05, 0) is 66.6 Å². The molecule has 2 heterocycles. The van der Waals surface area contributed by atoms with E-state index in [1.165, 1.54) is 11.2 Å². The molecule has 38 heavy (non-hydrogen) atoms. The van der Waals surface area contributed by atoms with E-state index in [9.17, 15) is 14.7 Å². The Labute approximate surface area is 220 Å². The molecule has 1 N–H and O–H groups in total. The highest BCUT2D eigenvalue weighted by Gasteiger charge is 2.46. The van der Waals surface area contributed by atoms with Gasteiger partial charge < -0.3 is 23.9 Å². The minimum atomic E-state index is -0.826. The molecule has 4 aromatic rings. The Bertz CT molecular complexity index is 1490. The summed E-state index contributed by atoms with van der Waals surface area (Å²) in [6.07, 6.45) is 1.51. The van der Waals surface area contributed by atoms with Gasteiger partial charge in [-0.3, -0.25) is 9.59 Å². The summed E-state index contributed by atoms with van der Waals surface area (Å²) < 4.78 is 16.7. The summed E-state index contributed by atoms with van der Waals surface area (Å²) in [7, 11) is 1.54. The van der Waals surface area contributed by atoms with Crippen molar-refractivity contribution in [1.82, 2.24) is 4.90 Å². The first-order chi connectivity index (χ1) is 18.4. The lowest BCUT2D eigenvalue weighted by Crippen LogP contribution is -2.29. The zero-order valence-electron chi connectivity index (χ0n) is 21.1. The Hall–Kier alpha value is -4.78. The lowest BCUT2D eigenvalue weighted by molar-refractivity contribution is -0.140. The van der Waals surface area contributed by atoms with Crippen LogP contribution in [0.25, 0.3) is 5.76 Å². The molecule has 7 nitrogen and oxygen atoms in total. The fourth-order valence-electron chi connectivity index (χ4n) is 4.60. The van der Waals surface area contributed by atoms with Crippen LogP contribution >= 0.6 is 0 Å². The van der Waals surface area contributed by atoms with Crippen molar-refractivity contribution in [2.75, 3.05) is 7.11 Å². The van der Waals surface area contributed by atoms with Gasteiger partial charge in [0.2, 0.25) is 0 Å². The Morgan fingerprint density at radius 1 is 0.947 bits per heavy atom. The summed E-state index contributed by atoms with van der Waals surface area (Å²) in [5, 5.41) is 11.3. The van der Waals surface area contributed by atoms with Gasteiger partial charge in [-0.25, -0.2) is 0 Å². The van der Waals surface area contributed by atoms with Crippen LogP contribution < -0.4 is 9.47 Å². The number of benzene rings is 3. The van der Waals surface area contributed by atoms with Gasteiger partial charge in [0.25, 0.3) is 11.7 Å². The summed E-state index contributed by atoms with van der Waals surface area (Å²) in [5.41, 5.74) is 3.24. The average molecular weight is 510 g/mol. The summed E-state index contributed by atoms with van der Waals surface area (Å²) >= 11 is 0. The molecule has 1 unspecified atom stereocenters. The second kappa shape index (κ2) is 10.7. The van der Waals surface area contributed by atoms with E-state index in [0.29, 0.717) is 35.0 Å². The molecule has 1 amide bonds. The number of carbonyl (C=O) groups excluding carboxylic acids is 2. The second-order valence-electron chi connectivity index (χ2n) is 9.09. The van der Waals surface area contributed by atoms with Crippen LogP contribution in [0.4, 0.5) is 0 Å². The van der Waals surface area contributed by atoms with Crippen molar-refractivity contribution < 1.29 is 28.6 Å². The lowest BCUT2D eigenvalue weighted by Gasteiger charge is -2.24.